The molecular formula is C19H21NO. The zero-order valence-corrected chi connectivity index (χ0v) is 12.3. The van der Waals surface area contributed by atoms with Gasteiger partial charge in [-0.25, -0.2) is 0 Å². The zero-order valence-electron chi connectivity index (χ0n) is 12.3. The first-order chi connectivity index (χ1) is 10.2. The Bertz CT molecular complexity index is 575. The van der Waals surface area contributed by atoms with Gasteiger partial charge in [-0.1, -0.05) is 60.7 Å². The van der Waals surface area contributed by atoms with Crippen molar-refractivity contribution in [3.05, 3.63) is 77.9 Å². The molecule has 1 amide bonds. The third kappa shape index (κ3) is 5.65. The number of carbonyl (C=O) groups excluding carboxylic acids is 1. The molecule has 0 unspecified atom stereocenters. The van der Waals surface area contributed by atoms with Gasteiger partial charge in [-0.05, 0) is 37.0 Å². The highest BCUT2D eigenvalue weighted by atomic mass is 16.1. The third-order valence-electron chi connectivity index (χ3n) is 3.32. The molecule has 0 aliphatic rings. The van der Waals surface area contributed by atoms with E-state index in [-0.39, 0.29) is 11.9 Å². The van der Waals surface area contributed by atoms with Crippen molar-refractivity contribution in [3.8, 4) is 0 Å². The average Bonchev–Trinajstić information content (AvgIpc) is 2.53. The Labute approximate surface area is 126 Å². The van der Waals surface area contributed by atoms with E-state index < -0.39 is 0 Å². The number of hydrogen-bond donors (Lipinski definition) is 1. The van der Waals surface area contributed by atoms with Crippen LogP contribution in [0.3, 0.4) is 0 Å². The minimum absolute atomic E-state index is 0.0422. The van der Waals surface area contributed by atoms with Crippen LogP contribution in [0.15, 0.2) is 66.7 Å². The fourth-order valence-corrected chi connectivity index (χ4v) is 2.13. The first-order valence-corrected chi connectivity index (χ1v) is 7.31. The summed E-state index contributed by atoms with van der Waals surface area (Å²) in [7, 11) is 0. The number of amides is 1. The molecule has 0 aromatic heterocycles. The molecule has 0 heterocycles. The molecule has 0 fully saturated rings. The van der Waals surface area contributed by atoms with Gasteiger partial charge < -0.3 is 5.32 Å². The molecule has 0 aliphatic carbocycles. The number of hydrogen-bond acceptors (Lipinski definition) is 1. The van der Waals surface area contributed by atoms with Crippen molar-refractivity contribution in [2.45, 2.75) is 25.8 Å². The molecule has 0 radical (unpaired) electrons. The summed E-state index contributed by atoms with van der Waals surface area (Å²) >= 11 is 0. The molecule has 2 rings (SSSR count). The highest BCUT2D eigenvalue weighted by Crippen LogP contribution is 2.05. The Morgan fingerprint density at radius 2 is 1.67 bits per heavy atom. The lowest BCUT2D eigenvalue weighted by Gasteiger charge is -2.12. The molecule has 2 nitrogen and oxygen atoms in total. The van der Waals surface area contributed by atoms with Crippen LogP contribution in [0.4, 0.5) is 0 Å². The summed E-state index contributed by atoms with van der Waals surface area (Å²) in [5.74, 6) is -0.0422. The van der Waals surface area contributed by atoms with Crippen LogP contribution in [0, 0.1) is 0 Å². The summed E-state index contributed by atoms with van der Waals surface area (Å²) in [5, 5.41) is 2.99. The van der Waals surface area contributed by atoms with Gasteiger partial charge in [0, 0.05) is 12.1 Å². The molecule has 108 valence electrons. The van der Waals surface area contributed by atoms with E-state index in [4.69, 9.17) is 0 Å². The molecule has 0 saturated carbocycles. The van der Waals surface area contributed by atoms with Crippen molar-refractivity contribution < 1.29 is 4.79 Å². The van der Waals surface area contributed by atoms with Gasteiger partial charge in [-0.3, -0.25) is 4.79 Å². The lowest BCUT2D eigenvalue weighted by Crippen LogP contribution is -2.31. The molecule has 0 saturated heterocycles. The summed E-state index contributed by atoms with van der Waals surface area (Å²) < 4.78 is 0. The number of aryl methyl sites for hydroxylation is 1. The molecule has 2 aromatic rings. The van der Waals surface area contributed by atoms with E-state index in [1.165, 1.54) is 5.56 Å². The van der Waals surface area contributed by atoms with Gasteiger partial charge in [0.1, 0.15) is 0 Å². The molecule has 0 aliphatic heterocycles. The van der Waals surface area contributed by atoms with Gasteiger partial charge in [0.15, 0.2) is 0 Å². The molecule has 0 spiro atoms. The SMILES string of the molecule is C[C@@H](CCc1ccccc1)NC(=O)/C=C/c1ccccc1. The maximum Gasteiger partial charge on any atom is 0.244 e. The molecule has 2 aromatic carbocycles. The van der Waals surface area contributed by atoms with E-state index in [0.717, 1.165) is 18.4 Å². The van der Waals surface area contributed by atoms with Crippen molar-refractivity contribution >= 4 is 12.0 Å². The van der Waals surface area contributed by atoms with Crippen LogP contribution in [-0.4, -0.2) is 11.9 Å². The summed E-state index contributed by atoms with van der Waals surface area (Å²) in [6.07, 6.45) is 5.34. The van der Waals surface area contributed by atoms with Gasteiger partial charge in [-0.2, -0.15) is 0 Å². The topological polar surface area (TPSA) is 29.1 Å². The number of rotatable bonds is 6. The molecule has 1 N–H and O–H groups in total. The quantitative estimate of drug-likeness (QED) is 0.800. The van der Waals surface area contributed by atoms with E-state index in [0.29, 0.717) is 0 Å². The van der Waals surface area contributed by atoms with E-state index in [9.17, 15) is 4.79 Å². The van der Waals surface area contributed by atoms with Crippen LogP contribution in [0.2, 0.25) is 0 Å². The van der Waals surface area contributed by atoms with Gasteiger partial charge in [0.2, 0.25) is 5.91 Å². The summed E-state index contributed by atoms with van der Waals surface area (Å²) in [6, 6.07) is 20.3. The minimum Gasteiger partial charge on any atom is -0.350 e. The molecule has 21 heavy (non-hydrogen) atoms. The predicted octanol–water partition coefficient (Wildman–Crippen LogP) is 3.84. The van der Waals surface area contributed by atoms with Crippen molar-refractivity contribution in [2.75, 3.05) is 0 Å². The highest BCUT2D eigenvalue weighted by Gasteiger charge is 2.04. The monoisotopic (exact) mass is 279 g/mol. The van der Waals surface area contributed by atoms with E-state index >= 15 is 0 Å². The Morgan fingerprint density at radius 3 is 2.33 bits per heavy atom. The molecule has 1 atom stereocenters. The first-order valence-electron chi connectivity index (χ1n) is 7.31. The van der Waals surface area contributed by atoms with Crippen LogP contribution in [0.1, 0.15) is 24.5 Å². The normalized spacial score (nSPS) is 12.2. The molecular weight excluding hydrogens is 258 g/mol. The van der Waals surface area contributed by atoms with Crippen molar-refractivity contribution in [1.29, 1.82) is 0 Å². The highest BCUT2D eigenvalue weighted by molar-refractivity contribution is 5.91. The summed E-state index contributed by atoms with van der Waals surface area (Å²) in [6.45, 7) is 2.04. The maximum atomic E-state index is 11.8. The van der Waals surface area contributed by atoms with E-state index in [1.54, 1.807) is 6.08 Å². The Hall–Kier alpha value is -2.35. The second-order valence-electron chi connectivity index (χ2n) is 5.18. The minimum atomic E-state index is -0.0422. The average molecular weight is 279 g/mol. The van der Waals surface area contributed by atoms with Crippen molar-refractivity contribution in [2.24, 2.45) is 0 Å². The van der Waals surface area contributed by atoms with Crippen LogP contribution >= 0.6 is 0 Å². The smallest absolute Gasteiger partial charge is 0.244 e. The molecule has 2 heteroatoms. The van der Waals surface area contributed by atoms with Gasteiger partial charge in [0.05, 0.1) is 0 Å². The fraction of sp³-hybridized carbons (Fsp3) is 0.211. The Morgan fingerprint density at radius 1 is 1.05 bits per heavy atom. The van der Waals surface area contributed by atoms with Gasteiger partial charge >= 0.3 is 0 Å². The van der Waals surface area contributed by atoms with Crippen molar-refractivity contribution in [3.63, 3.8) is 0 Å². The fourth-order valence-electron chi connectivity index (χ4n) is 2.13. The van der Waals surface area contributed by atoms with Gasteiger partial charge in [0.25, 0.3) is 0 Å². The van der Waals surface area contributed by atoms with Crippen LogP contribution < -0.4 is 5.32 Å². The van der Waals surface area contributed by atoms with E-state index in [2.05, 4.69) is 17.4 Å². The largest absolute Gasteiger partial charge is 0.350 e. The van der Waals surface area contributed by atoms with Gasteiger partial charge in [-0.15, -0.1) is 0 Å². The van der Waals surface area contributed by atoms with Crippen LogP contribution in [0.5, 0.6) is 0 Å². The number of benzene rings is 2. The third-order valence-corrected chi connectivity index (χ3v) is 3.32. The molecule has 0 bridgehead atoms. The maximum absolute atomic E-state index is 11.8. The second-order valence-corrected chi connectivity index (χ2v) is 5.18. The Balaban J connectivity index is 1.76. The summed E-state index contributed by atoms with van der Waals surface area (Å²) in [4.78, 5) is 11.8. The summed E-state index contributed by atoms with van der Waals surface area (Å²) in [5.41, 5.74) is 2.34. The number of nitrogens with one attached hydrogen (secondary N) is 1. The lowest BCUT2D eigenvalue weighted by atomic mass is 10.1. The number of carbonyl (C=O) groups is 1. The zero-order chi connectivity index (χ0) is 14.9. The Kier molecular flexibility index (Phi) is 5.77. The lowest BCUT2D eigenvalue weighted by molar-refractivity contribution is -0.117. The second kappa shape index (κ2) is 8.05. The van der Waals surface area contributed by atoms with Crippen LogP contribution in [0.25, 0.3) is 6.08 Å². The van der Waals surface area contributed by atoms with Crippen molar-refractivity contribution in [1.82, 2.24) is 5.32 Å². The van der Waals surface area contributed by atoms with E-state index in [1.807, 2.05) is 61.5 Å². The first kappa shape index (κ1) is 15.0. The predicted molar refractivity (Wildman–Crippen MR) is 87.8 cm³/mol. The van der Waals surface area contributed by atoms with Crippen LogP contribution in [-0.2, 0) is 11.2 Å². The standard InChI is InChI=1S/C19H21NO/c1-16(12-13-17-8-4-2-5-9-17)20-19(21)15-14-18-10-6-3-7-11-18/h2-11,14-16H,12-13H2,1H3,(H,20,21)/b15-14+/t16-/m0/s1.